The lowest BCUT2D eigenvalue weighted by molar-refractivity contribution is -0.142. The van der Waals surface area contributed by atoms with Gasteiger partial charge >= 0.3 is 5.97 Å². The second-order valence-electron chi connectivity index (χ2n) is 10.2. The maximum absolute atomic E-state index is 13.4. The summed E-state index contributed by atoms with van der Waals surface area (Å²) < 4.78 is 13.2. The molecule has 9 nitrogen and oxygen atoms in total. The van der Waals surface area contributed by atoms with Crippen LogP contribution in [-0.2, 0) is 32.0 Å². The number of nitrogens with one attached hydrogen (secondary N) is 3. The lowest BCUT2D eigenvalue weighted by atomic mass is 10.0. The van der Waals surface area contributed by atoms with Crippen LogP contribution >= 0.6 is 0 Å². The van der Waals surface area contributed by atoms with Crippen molar-refractivity contribution in [2.75, 3.05) is 13.1 Å². The summed E-state index contributed by atoms with van der Waals surface area (Å²) in [6.07, 6.45) is 3.17. The number of hydrogen-bond donors (Lipinski definition) is 4. The summed E-state index contributed by atoms with van der Waals surface area (Å²) in [4.78, 5) is 52.9. The summed E-state index contributed by atoms with van der Waals surface area (Å²) in [5.74, 6) is -2.55. The van der Waals surface area contributed by atoms with Crippen LogP contribution < -0.4 is 16.0 Å². The number of halogens is 1. The molecule has 208 valence electrons. The summed E-state index contributed by atoms with van der Waals surface area (Å²) in [5, 5.41) is 18.4. The van der Waals surface area contributed by atoms with Gasteiger partial charge in [-0.3, -0.25) is 14.4 Å². The van der Waals surface area contributed by atoms with Crippen molar-refractivity contribution < 1.29 is 28.7 Å². The summed E-state index contributed by atoms with van der Waals surface area (Å²) >= 11 is 0. The first-order valence-corrected chi connectivity index (χ1v) is 13.4. The smallest absolute Gasteiger partial charge is 0.326 e. The molecule has 2 saturated heterocycles. The predicted molar refractivity (Wildman–Crippen MR) is 142 cm³/mol. The van der Waals surface area contributed by atoms with Crippen LogP contribution in [0.4, 0.5) is 4.39 Å². The third-order valence-electron chi connectivity index (χ3n) is 7.29. The van der Waals surface area contributed by atoms with Crippen molar-refractivity contribution in [3.05, 3.63) is 71.5 Å². The Bertz CT molecular complexity index is 1150. The van der Waals surface area contributed by atoms with Crippen LogP contribution in [0.3, 0.4) is 0 Å². The molecule has 2 aliphatic heterocycles. The quantitative estimate of drug-likeness (QED) is 0.346. The van der Waals surface area contributed by atoms with Crippen molar-refractivity contribution in [3.63, 3.8) is 0 Å². The second-order valence-corrected chi connectivity index (χ2v) is 10.2. The average Bonchev–Trinajstić information content (AvgIpc) is 3.62. The van der Waals surface area contributed by atoms with Crippen molar-refractivity contribution >= 4 is 23.7 Å². The Morgan fingerprint density at radius 3 is 2.33 bits per heavy atom. The van der Waals surface area contributed by atoms with Crippen LogP contribution in [0.5, 0.6) is 0 Å². The van der Waals surface area contributed by atoms with Gasteiger partial charge in [0.15, 0.2) is 0 Å². The van der Waals surface area contributed by atoms with Crippen molar-refractivity contribution in [2.45, 2.75) is 69.1 Å². The summed E-state index contributed by atoms with van der Waals surface area (Å²) in [5.41, 5.74) is 1.48. The fraction of sp³-hybridized carbons (Fsp3) is 0.448. The van der Waals surface area contributed by atoms with E-state index in [4.69, 9.17) is 0 Å². The first kappa shape index (κ1) is 28.2. The van der Waals surface area contributed by atoms with Gasteiger partial charge in [0, 0.05) is 25.4 Å². The number of benzene rings is 2. The van der Waals surface area contributed by atoms with Gasteiger partial charge < -0.3 is 26.0 Å². The van der Waals surface area contributed by atoms with Crippen molar-refractivity contribution in [1.29, 1.82) is 0 Å². The predicted octanol–water partition coefficient (Wildman–Crippen LogP) is 1.80. The molecule has 3 amide bonds. The molecule has 0 aromatic heterocycles. The lowest BCUT2D eigenvalue weighted by Crippen LogP contribution is -2.53. The first-order chi connectivity index (χ1) is 18.8. The highest BCUT2D eigenvalue weighted by atomic mass is 19.1. The Balaban J connectivity index is 1.42. The number of carbonyl (C=O) groups excluding carboxylic acids is 3. The Labute approximate surface area is 227 Å². The minimum absolute atomic E-state index is 0.00852. The number of amides is 3. The largest absolute Gasteiger partial charge is 0.480 e. The third kappa shape index (κ3) is 7.86. The van der Waals surface area contributed by atoms with Gasteiger partial charge in [0.2, 0.25) is 17.7 Å². The van der Waals surface area contributed by atoms with Gasteiger partial charge in [0.05, 0.1) is 6.04 Å². The number of carboxylic acid groups (broad SMARTS) is 1. The molecule has 10 heteroatoms. The molecule has 0 saturated carbocycles. The second kappa shape index (κ2) is 13.3. The standard InChI is InChI=1S/C29H35FN4O5/c30-21-12-10-20(11-13-21)17-24(29(38)39)33-26(35)18-22(16-19-6-2-1-3-7-19)32-27(36)25-9-5-15-34(25)28(37)23-8-4-14-31-23/h1-3,6-7,10-13,22-25,31H,4-5,8-9,14-18H2,(H,32,36)(H,33,35)(H,38,39)/t22-,23-,24-,25-/m0/s1. The number of carboxylic acids is 1. The van der Waals surface area contributed by atoms with E-state index in [0.717, 1.165) is 31.4 Å². The highest BCUT2D eigenvalue weighted by Gasteiger charge is 2.38. The molecular formula is C29H35FN4O5. The molecule has 2 aromatic carbocycles. The summed E-state index contributed by atoms with van der Waals surface area (Å²) in [6, 6.07) is 12.1. The zero-order valence-electron chi connectivity index (χ0n) is 21.8. The van der Waals surface area contributed by atoms with E-state index >= 15 is 0 Å². The van der Waals surface area contributed by atoms with E-state index in [1.807, 2.05) is 30.3 Å². The minimum atomic E-state index is -1.21. The van der Waals surface area contributed by atoms with E-state index in [1.165, 1.54) is 24.3 Å². The van der Waals surface area contributed by atoms with Crippen LogP contribution in [0.25, 0.3) is 0 Å². The molecule has 39 heavy (non-hydrogen) atoms. The van der Waals surface area contributed by atoms with Crippen molar-refractivity contribution in [1.82, 2.24) is 20.9 Å². The Kier molecular flexibility index (Phi) is 9.64. The van der Waals surface area contributed by atoms with Gasteiger partial charge in [-0.25, -0.2) is 9.18 Å². The summed E-state index contributed by atoms with van der Waals surface area (Å²) in [7, 11) is 0. The molecule has 0 unspecified atom stereocenters. The zero-order chi connectivity index (χ0) is 27.8. The van der Waals surface area contributed by atoms with Gasteiger partial charge in [-0.15, -0.1) is 0 Å². The van der Waals surface area contributed by atoms with Crippen molar-refractivity contribution in [2.24, 2.45) is 0 Å². The number of likely N-dealkylation sites (tertiary alicyclic amines) is 1. The van der Waals surface area contributed by atoms with Gasteiger partial charge in [0.1, 0.15) is 17.9 Å². The van der Waals surface area contributed by atoms with Crippen LogP contribution in [-0.4, -0.2) is 71.0 Å². The molecule has 2 aliphatic rings. The number of hydrogen-bond acceptors (Lipinski definition) is 5. The number of nitrogens with zero attached hydrogens (tertiary/aromatic N) is 1. The van der Waals surface area contributed by atoms with Crippen LogP contribution in [0, 0.1) is 5.82 Å². The number of carbonyl (C=O) groups is 4. The molecule has 2 aromatic rings. The highest BCUT2D eigenvalue weighted by molar-refractivity contribution is 5.91. The van der Waals surface area contributed by atoms with E-state index in [1.54, 1.807) is 4.90 Å². The fourth-order valence-corrected chi connectivity index (χ4v) is 5.30. The lowest BCUT2D eigenvalue weighted by Gasteiger charge is -2.28. The van der Waals surface area contributed by atoms with E-state index < -0.39 is 35.8 Å². The third-order valence-corrected chi connectivity index (χ3v) is 7.29. The minimum Gasteiger partial charge on any atom is -0.480 e. The average molecular weight is 539 g/mol. The molecule has 2 fully saturated rings. The van der Waals surface area contributed by atoms with Gasteiger partial charge in [-0.1, -0.05) is 42.5 Å². The van der Waals surface area contributed by atoms with Gasteiger partial charge in [0.25, 0.3) is 0 Å². The SMILES string of the molecule is O=C(C[C@H](Cc1ccccc1)NC(=O)[C@@H]1CCCN1C(=O)[C@@H]1CCCN1)N[C@@H](Cc1ccc(F)cc1)C(=O)O. The number of rotatable bonds is 11. The van der Waals surface area contributed by atoms with Gasteiger partial charge in [-0.05, 0) is 61.9 Å². The van der Waals surface area contributed by atoms with Crippen LogP contribution in [0.1, 0.15) is 43.2 Å². The maximum Gasteiger partial charge on any atom is 0.326 e. The Hall–Kier alpha value is -3.79. The monoisotopic (exact) mass is 538 g/mol. The van der Waals surface area contributed by atoms with E-state index in [9.17, 15) is 28.7 Å². The molecule has 0 aliphatic carbocycles. The zero-order valence-corrected chi connectivity index (χ0v) is 21.8. The van der Waals surface area contributed by atoms with Crippen LogP contribution in [0.2, 0.25) is 0 Å². The molecule has 4 N–H and O–H groups in total. The van der Waals surface area contributed by atoms with Crippen molar-refractivity contribution in [3.8, 4) is 0 Å². The molecule has 0 radical (unpaired) electrons. The first-order valence-electron chi connectivity index (χ1n) is 13.4. The Morgan fingerprint density at radius 2 is 1.67 bits per heavy atom. The normalized spacial score (nSPS) is 20.3. The molecular weight excluding hydrogens is 503 g/mol. The Morgan fingerprint density at radius 1 is 0.949 bits per heavy atom. The van der Waals surface area contributed by atoms with E-state index in [-0.39, 0.29) is 30.7 Å². The molecule has 0 spiro atoms. The molecule has 2 heterocycles. The van der Waals surface area contributed by atoms with E-state index in [0.29, 0.717) is 24.9 Å². The number of aliphatic carboxylic acids is 1. The fourth-order valence-electron chi connectivity index (χ4n) is 5.30. The van der Waals surface area contributed by atoms with Crippen LogP contribution in [0.15, 0.2) is 54.6 Å². The topological polar surface area (TPSA) is 128 Å². The van der Waals surface area contributed by atoms with E-state index in [2.05, 4.69) is 16.0 Å². The summed E-state index contributed by atoms with van der Waals surface area (Å²) in [6.45, 7) is 1.30. The highest BCUT2D eigenvalue weighted by Crippen LogP contribution is 2.21. The maximum atomic E-state index is 13.4. The molecule has 4 rings (SSSR count). The molecule has 0 bridgehead atoms. The molecule has 4 atom stereocenters. The van der Waals surface area contributed by atoms with Gasteiger partial charge in [-0.2, -0.15) is 0 Å².